The number of halogens is 1. The molecule has 2 aliphatic rings. The first-order chi connectivity index (χ1) is 9.58. The van der Waals surface area contributed by atoms with E-state index in [9.17, 15) is 4.79 Å². The fourth-order valence-electron chi connectivity index (χ4n) is 3.21. The van der Waals surface area contributed by atoms with E-state index in [1.807, 2.05) is 12.1 Å². The second-order valence-corrected chi connectivity index (χ2v) is 6.16. The molecule has 0 bridgehead atoms. The molecule has 2 saturated heterocycles. The summed E-state index contributed by atoms with van der Waals surface area (Å²) in [5, 5.41) is 3.57. The number of carbonyl (C=O) groups excluding carboxylic acids is 1. The number of nitrogens with zero attached hydrogens (tertiary/aromatic N) is 1. The van der Waals surface area contributed by atoms with E-state index in [1.54, 1.807) is 6.07 Å². The minimum atomic E-state index is 0.0682. The molecule has 3 rings (SSSR count). The first-order valence-electron chi connectivity index (χ1n) is 6.71. The van der Waals surface area contributed by atoms with Crippen LogP contribution >= 0.6 is 23.8 Å². The summed E-state index contributed by atoms with van der Waals surface area (Å²) >= 11 is 11.2. The summed E-state index contributed by atoms with van der Waals surface area (Å²) in [7, 11) is 0. The Kier molecular flexibility index (Phi) is 3.56. The highest BCUT2D eigenvalue weighted by molar-refractivity contribution is 7.80. The highest BCUT2D eigenvalue weighted by Gasteiger charge is 2.41. The van der Waals surface area contributed by atoms with Crippen LogP contribution in [0.2, 0.25) is 5.02 Å². The van der Waals surface area contributed by atoms with Crippen LogP contribution in [0.15, 0.2) is 18.2 Å². The second-order valence-electron chi connectivity index (χ2n) is 5.28. The summed E-state index contributed by atoms with van der Waals surface area (Å²) in [6, 6.07) is 5.77. The first kappa shape index (κ1) is 13.6. The number of anilines is 1. The Morgan fingerprint density at radius 3 is 3.05 bits per heavy atom. The Balaban J connectivity index is 2.00. The molecule has 1 amide bonds. The van der Waals surface area contributed by atoms with Crippen LogP contribution < -0.4 is 16.0 Å². The summed E-state index contributed by atoms with van der Waals surface area (Å²) in [5.41, 5.74) is 7.58. The molecule has 1 aromatic carbocycles. The molecule has 20 heavy (non-hydrogen) atoms. The number of rotatable bonds is 2. The standard InChI is InChI=1S/C14H16ClN3OS/c15-8-3-4-11(10(6-8)13(16)20)18-5-1-2-9-12(18)7-17-14(9)19/h3-4,6,9,12H,1-2,5,7H2,(H2,16,20)(H,17,19). The number of hydrogen-bond acceptors (Lipinski definition) is 3. The van der Waals surface area contributed by atoms with Gasteiger partial charge in [0, 0.05) is 29.4 Å². The smallest absolute Gasteiger partial charge is 0.225 e. The van der Waals surface area contributed by atoms with Crippen LogP contribution in [0.25, 0.3) is 0 Å². The third-order valence-corrected chi connectivity index (χ3v) is 4.59. The van der Waals surface area contributed by atoms with Crippen molar-refractivity contribution in [1.29, 1.82) is 0 Å². The molecule has 0 saturated carbocycles. The Morgan fingerprint density at radius 2 is 2.30 bits per heavy atom. The summed E-state index contributed by atoms with van der Waals surface area (Å²) in [6.07, 6.45) is 1.94. The van der Waals surface area contributed by atoms with Gasteiger partial charge in [-0.1, -0.05) is 23.8 Å². The van der Waals surface area contributed by atoms with Gasteiger partial charge in [0.2, 0.25) is 5.91 Å². The molecular formula is C14H16ClN3OS. The number of piperidine rings is 1. The molecule has 1 aromatic rings. The van der Waals surface area contributed by atoms with Crippen LogP contribution in [0.1, 0.15) is 18.4 Å². The normalized spacial score (nSPS) is 25.2. The van der Waals surface area contributed by atoms with Crippen molar-refractivity contribution in [3.8, 4) is 0 Å². The molecule has 2 aliphatic heterocycles. The lowest BCUT2D eigenvalue weighted by atomic mass is 9.90. The number of nitrogens with two attached hydrogens (primary N) is 1. The van der Waals surface area contributed by atoms with E-state index in [4.69, 9.17) is 29.6 Å². The predicted octanol–water partition coefficient (Wildman–Crippen LogP) is 1.69. The molecule has 3 N–H and O–H groups in total. The number of amides is 1. The number of thiocarbonyl (C=S) groups is 1. The van der Waals surface area contributed by atoms with Gasteiger partial charge < -0.3 is 16.0 Å². The van der Waals surface area contributed by atoms with E-state index in [2.05, 4.69) is 10.2 Å². The van der Waals surface area contributed by atoms with Crippen LogP contribution in [0.3, 0.4) is 0 Å². The number of carbonyl (C=O) groups is 1. The molecule has 0 aromatic heterocycles. The van der Waals surface area contributed by atoms with Gasteiger partial charge in [0.05, 0.1) is 12.0 Å². The van der Waals surface area contributed by atoms with Crippen LogP contribution in [0, 0.1) is 5.92 Å². The first-order valence-corrected chi connectivity index (χ1v) is 7.50. The Morgan fingerprint density at radius 1 is 1.50 bits per heavy atom. The van der Waals surface area contributed by atoms with Crippen molar-refractivity contribution in [2.24, 2.45) is 11.7 Å². The van der Waals surface area contributed by atoms with Gasteiger partial charge in [-0.05, 0) is 31.0 Å². The lowest BCUT2D eigenvalue weighted by Crippen LogP contribution is -2.46. The highest BCUT2D eigenvalue weighted by atomic mass is 35.5. The molecule has 2 unspecified atom stereocenters. The number of hydrogen-bond donors (Lipinski definition) is 2. The third kappa shape index (κ3) is 2.25. The zero-order chi connectivity index (χ0) is 14.3. The van der Waals surface area contributed by atoms with Gasteiger partial charge in [-0.2, -0.15) is 0 Å². The van der Waals surface area contributed by atoms with Gasteiger partial charge in [0.25, 0.3) is 0 Å². The van der Waals surface area contributed by atoms with Gasteiger partial charge >= 0.3 is 0 Å². The summed E-state index contributed by atoms with van der Waals surface area (Å²) in [4.78, 5) is 14.4. The van der Waals surface area contributed by atoms with Gasteiger partial charge in [-0.3, -0.25) is 4.79 Å². The average Bonchev–Trinajstić information content (AvgIpc) is 2.81. The average molecular weight is 310 g/mol. The van der Waals surface area contributed by atoms with Gasteiger partial charge in [-0.25, -0.2) is 0 Å². The molecule has 6 heteroatoms. The van der Waals surface area contributed by atoms with Crippen molar-refractivity contribution in [3.63, 3.8) is 0 Å². The van der Waals surface area contributed by atoms with Crippen molar-refractivity contribution in [1.82, 2.24) is 5.32 Å². The number of nitrogens with one attached hydrogen (secondary N) is 1. The monoisotopic (exact) mass is 309 g/mol. The molecule has 106 valence electrons. The second kappa shape index (κ2) is 5.22. The fourth-order valence-corrected chi connectivity index (χ4v) is 3.54. The maximum atomic E-state index is 11.8. The SMILES string of the molecule is NC(=S)c1cc(Cl)ccc1N1CCCC2C(=O)NCC21. The van der Waals surface area contributed by atoms with E-state index >= 15 is 0 Å². The zero-order valence-electron chi connectivity index (χ0n) is 10.9. The van der Waals surface area contributed by atoms with Crippen molar-refractivity contribution in [2.75, 3.05) is 18.0 Å². The molecule has 0 spiro atoms. The van der Waals surface area contributed by atoms with E-state index in [0.717, 1.165) is 30.6 Å². The largest absolute Gasteiger partial charge is 0.389 e. The Hall–Kier alpha value is -1.33. The number of fused-ring (bicyclic) bond motifs is 1. The molecule has 2 atom stereocenters. The summed E-state index contributed by atoms with van der Waals surface area (Å²) in [6.45, 7) is 1.59. The van der Waals surface area contributed by atoms with Crippen LogP contribution in [-0.4, -0.2) is 30.0 Å². The predicted molar refractivity (Wildman–Crippen MR) is 84.2 cm³/mol. The van der Waals surface area contributed by atoms with Gasteiger partial charge in [0.1, 0.15) is 4.99 Å². The van der Waals surface area contributed by atoms with Crippen LogP contribution in [-0.2, 0) is 4.79 Å². The van der Waals surface area contributed by atoms with Gasteiger partial charge in [-0.15, -0.1) is 0 Å². The molecule has 2 heterocycles. The molecule has 0 aliphatic carbocycles. The Bertz CT molecular complexity index is 578. The molecule has 0 radical (unpaired) electrons. The molecule has 4 nitrogen and oxygen atoms in total. The van der Waals surface area contributed by atoms with E-state index in [0.29, 0.717) is 16.6 Å². The third-order valence-electron chi connectivity index (χ3n) is 4.13. The van der Waals surface area contributed by atoms with Crippen molar-refractivity contribution in [3.05, 3.63) is 28.8 Å². The lowest BCUT2D eigenvalue weighted by Gasteiger charge is -2.38. The summed E-state index contributed by atoms with van der Waals surface area (Å²) < 4.78 is 0. The van der Waals surface area contributed by atoms with Crippen LogP contribution in [0.4, 0.5) is 5.69 Å². The topological polar surface area (TPSA) is 58.4 Å². The minimum Gasteiger partial charge on any atom is -0.389 e. The van der Waals surface area contributed by atoms with Crippen molar-refractivity contribution < 1.29 is 4.79 Å². The van der Waals surface area contributed by atoms with Crippen LogP contribution in [0.5, 0.6) is 0 Å². The molecule has 2 fully saturated rings. The highest BCUT2D eigenvalue weighted by Crippen LogP contribution is 2.34. The quantitative estimate of drug-likeness (QED) is 0.816. The number of benzene rings is 1. The van der Waals surface area contributed by atoms with E-state index < -0.39 is 0 Å². The lowest BCUT2D eigenvalue weighted by molar-refractivity contribution is -0.122. The van der Waals surface area contributed by atoms with Crippen molar-refractivity contribution in [2.45, 2.75) is 18.9 Å². The van der Waals surface area contributed by atoms with E-state index in [-0.39, 0.29) is 17.9 Å². The zero-order valence-corrected chi connectivity index (χ0v) is 12.5. The maximum Gasteiger partial charge on any atom is 0.225 e. The molecular weight excluding hydrogens is 294 g/mol. The minimum absolute atomic E-state index is 0.0682. The van der Waals surface area contributed by atoms with E-state index in [1.165, 1.54) is 0 Å². The van der Waals surface area contributed by atoms with Gasteiger partial charge in [0.15, 0.2) is 0 Å². The summed E-state index contributed by atoms with van der Waals surface area (Å²) in [5.74, 6) is 0.226. The van der Waals surface area contributed by atoms with Crippen molar-refractivity contribution >= 4 is 40.4 Å². The fraction of sp³-hybridized carbons (Fsp3) is 0.429. The Labute approximate surface area is 128 Å². The maximum absolute atomic E-state index is 11.8.